The van der Waals surface area contributed by atoms with Crippen LogP contribution >= 0.6 is 39.3 Å². The summed E-state index contributed by atoms with van der Waals surface area (Å²) in [7, 11) is 0. The van der Waals surface area contributed by atoms with E-state index in [9.17, 15) is 9.59 Å². The third-order valence-electron chi connectivity index (χ3n) is 4.50. The summed E-state index contributed by atoms with van der Waals surface area (Å²) in [5, 5.41) is 3.54. The van der Waals surface area contributed by atoms with Gasteiger partial charge in [-0.3, -0.25) is 9.59 Å². The molecule has 0 radical (unpaired) electrons. The molecule has 30 heavy (non-hydrogen) atoms. The van der Waals surface area contributed by atoms with E-state index in [1.165, 1.54) is 0 Å². The highest BCUT2D eigenvalue weighted by Crippen LogP contribution is 2.19. The smallest absolute Gasteiger partial charge is 0.242 e. The Bertz CT molecular complexity index is 845. The molecule has 2 amide bonds. The van der Waals surface area contributed by atoms with Gasteiger partial charge in [0.05, 0.1) is 5.75 Å². The van der Waals surface area contributed by atoms with E-state index in [0.717, 1.165) is 21.4 Å². The second-order valence-corrected chi connectivity index (χ2v) is 9.92. The van der Waals surface area contributed by atoms with Crippen LogP contribution < -0.4 is 5.32 Å². The standard InChI is InChI=1S/C23H28BrClN2O2S/c1-16(2)12-26-23(29)17(3)27(13-19-5-4-6-21(25)11-19)22(28)15-30-14-18-7-9-20(24)10-8-18/h4-11,16-17H,12-15H2,1-3H3,(H,26,29)/t17-/m1/s1. The Balaban J connectivity index is 2.05. The highest BCUT2D eigenvalue weighted by molar-refractivity contribution is 9.10. The van der Waals surface area contributed by atoms with E-state index >= 15 is 0 Å². The molecular weight excluding hydrogens is 484 g/mol. The zero-order chi connectivity index (χ0) is 22.1. The predicted octanol–water partition coefficient (Wildman–Crippen LogP) is 5.53. The molecule has 0 spiro atoms. The number of rotatable bonds is 10. The summed E-state index contributed by atoms with van der Waals surface area (Å²) in [6, 6.07) is 14.9. The van der Waals surface area contributed by atoms with Crippen molar-refractivity contribution >= 4 is 51.1 Å². The van der Waals surface area contributed by atoms with Crippen LogP contribution in [0.3, 0.4) is 0 Å². The van der Waals surface area contributed by atoms with E-state index in [-0.39, 0.29) is 11.8 Å². The van der Waals surface area contributed by atoms with Gasteiger partial charge in [0.2, 0.25) is 11.8 Å². The molecule has 0 aliphatic rings. The van der Waals surface area contributed by atoms with Crippen LogP contribution in [0.5, 0.6) is 0 Å². The van der Waals surface area contributed by atoms with Crippen molar-refractivity contribution in [3.8, 4) is 0 Å². The number of amides is 2. The Kier molecular flexibility index (Phi) is 10.2. The largest absolute Gasteiger partial charge is 0.354 e. The van der Waals surface area contributed by atoms with Crippen LogP contribution in [0.25, 0.3) is 0 Å². The molecule has 1 N–H and O–H groups in total. The minimum Gasteiger partial charge on any atom is -0.354 e. The van der Waals surface area contributed by atoms with E-state index < -0.39 is 6.04 Å². The van der Waals surface area contributed by atoms with Gasteiger partial charge in [0.15, 0.2) is 0 Å². The van der Waals surface area contributed by atoms with Crippen LogP contribution in [0.4, 0.5) is 0 Å². The summed E-state index contributed by atoms with van der Waals surface area (Å²) < 4.78 is 1.03. The maximum absolute atomic E-state index is 13.0. The average molecular weight is 512 g/mol. The zero-order valence-electron chi connectivity index (χ0n) is 17.5. The van der Waals surface area contributed by atoms with Gasteiger partial charge in [-0.05, 0) is 48.2 Å². The van der Waals surface area contributed by atoms with Crippen LogP contribution in [0, 0.1) is 5.92 Å². The number of nitrogens with one attached hydrogen (secondary N) is 1. The highest BCUT2D eigenvalue weighted by atomic mass is 79.9. The Labute approximate surface area is 196 Å². The number of benzene rings is 2. The molecule has 2 rings (SSSR count). The first-order valence-corrected chi connectivity index (χ1v) is 12.2. The number of thioether (sulfide) groups is 1. The average Bonchev–Trinajstić information content (AvgIpc) is 2.71. The van der Waals surface area contributed by atoms with Crippen LogP contribution in [-0.4, -0.2) is 35.1 Å². The molecule has 2 aromatic carbocycles. The molecule has 7 heteroatoms. The Morgan fingerprint density at radius 2 is 1.80 bits per heavy atom. The normalized spacial score (nSPS) is 11.9. The summed E-state index contributed by atoms with van der Waals surface area (Å²) >= 11 is 11.1. The van der Waals surface area contributed by atoms with E-state index in [0.29, 0.717) is 29.8 Å². The molecule has 2 aromatic rings. The topological polar surface area (TPSA) is 49.4 Å². The molecule has 162 valence electrons. The number of hydrogen-bond donors (Lipinski definition) is 1. The molecule has 0 unspecified atom stereocenters. The number of carbonyl (C=O) groups is 2. The van der Waals surface area contributed by atoms with Crippen LogP contribution in [0.2, 0.25) is 5.02 Å². The molecule has 4 nitrogen and oxygen atoms in total. The lowest BCUT2D eigenvalue weighted by Crippen LogP contribution is -2.48. The number of carbonyl (C=O) groups excluding carboxylic acids is 2. The molecule has 1 atom stereocenters. The van der Waals surface area contributed by atoms with Gasteiger partial charge in [0.25, 0.3) is 0 Å². The van der Waals surface area contributed by atoms with E-state index in [1.54, 1.807) is 29.7 Å². The monoisotopic (exact) mass is 510 g/mol. The molecule has 0 heterocycles. The van der Waals surface area contributed by atoms with Crippen LogP contribution in [0.1, 0.15) is 31.9 Å². The van der Waals surface area contributed by atoms with Crippen molar-refractivity contribution < 1.29 is 9.59 Å². The molecule has 0 aliphatic carbocycles. The molecule has 0 saturated heterocycles. The number of hydrogen-bond acceptors (Lipinski definition) is 3. The van der Waals surface area contributed by atoms with Gasteiger partial charge in [-0.2, -0.15) is 0 Å². The maximum Gasteiger partial charge on any atom is 0.242 e. The number of halogens is 2. The first-order valence-electron chi connectivity index (χ1n) is 9.90. The Morgan fingerprint density at radius 1 is 1.10 bits per heavy atom. The second-order valence-electron chi connectivity index (χ2n) is 7.59. The minimum absolute atomic E-state index is 0.0655. The zero-order valence-corrected chi connectivity index (χ0v) is 20.7. The van der Waals surface area contributed by atoms with Gasteiger partial charge in [-0.1, -0.05) is 65.6 Å². The Morgan fingerprint density at radius 3 is 2.43 bits per heavy atom. The van der Waals surface area contributed by atoms with Gasteiger partial charge in [0, 0.05) is 28.3 Å². The summed E-state index contributed by atoms with van der Waals surface area (Å²) in [6.45, 7) is 6.78. The van der Waals surface area contributed by atoms with Gasteiger partial charge >= 0.3 is 0 Å². The second kappa shape index (κ2) is 12.4. The summed E-state index contributed by atoms with van der Waals surface area (Å²) in [6.07, 6.45) is 0. The lowest BCUT2D eigenvalue weighted by Gasteiger charge is -2.29. The van der Waals surface area contributed by atoms with Gasteiger partial charge in [-0.15, -0.1) is 11.8 Å². The van der Waals surface area contributed by atoms with Crippen molar-refractivity contribution in [1.29, 1.82) is 0 Å². The fraction of sp³-hybridized carbons (Fsp3) is 0.391. The molecule has 0 bridgehead atoms. The third-order valence-corrected chi connectivity index (χ3v) is 6.25. The molecule has 0 saturated carbocycles. The maximum atomic E-state index is 13.0. The fourth-order valence-corrected chi connectivity index (χ4v) is 4.13. The first kappa shape index (κ1) is 24.8. The van der Waals surface area contributed by atoms with Crippen molar-refractivity contribution in [2.75, 3.05) is 12.3 Å². The third kappa shape index (κ3) is 8.32. The quantitative estimate of drug-likeness (QED) is 0.456. The molecule has 0 aromatic heterocycles. The number of nitrogens with zero attached hydrogens (tertiary/aromatic N) is 1. The molecule has 0 aliphatic heterocycles. The highest BCUT2D eigenvalue weighted by Gasteiger charge is 2.26. The first-order chi connectivity index (χ1) is 14.3. The Hall–Kier alpha value is -1.50. The molecular formula is C23H28BrClN2O2S. The van der Waals surface area contributed by atoms with Crippen molar-refractivity contribution in [3.05, 3.63) is 69.2 Å². The minimum atomic E-state index is -0.566. The van der Waals surface area contributed by atoms with Gasteiger partial charge < -0.3 is 10.2 Å². The molecule has 0 fully saturated rings. The fourth-order valence-electron chi connectivity index (χ4n) is 2.79. The van der Waals surface area contributed by atoms with E-state index in [1.807, 2.05) is 56.3 Å². The van der Waals surface area contributed by atoms with Gasteiger partial charge in [-0.25, -0.2) is 0 Å². The van der Waals surface area contributed by atoms with Crippen LogP contribution in [-0.2, 0) is 21.9 Å². The summed E-state index contributed by atoms with van der Waals surface area (Å²) in [4.78, 5) is 27.3. The van der Waals surface area contributed by atoms with Crippen LogP contribution in [0.15, 0.2) is 53.0 Å². The van der Waals surface area contributed by atoms with E-state index in [4.69, 9.17) is 11.6 Å². The predicted molar refractivity (Wildman–Crippen MR) is 130 cm³/mol. The lowest BCUT2D eigenvalue weighted by molar-refractivity contribution is -0.138. The van der Waals surface area contributed by atoms with Gasteiger partial charge in [0.1, 0.15) is 6.04 Å². The van der Waals surface area contributed by atoms with E-state index in [2.05, 4.69) is 21.2 Å². The van der Waals surface area contributed by atoms with Crippen molar-refractivity contribution in [1.82, 2.24) is 10.2 Å². The van der Waals surface area contributed by atoms with Crippen molar-refractivity contribution in [3.63, 3.8) is 0 Å². The van der Waals surface area contributed by atoms with Crippen molar-refractivity contribution in [2.24, 2.45) is 5.92 Å². The van der Waals surface area contributed by atoms with Crippen molar-refractivity contribution in [2.45, 2.75) is 39.1 Å². The summed E-state index contributed by atoms with van der Waals surface area (Å²) in [5.41, 5.74) is 2.05. The summed E-state index contributed by atoms with van der Waals surface area (Å²) in [5.74, 6) is 1.18. The SMILES string of the molecule is CC(C)CNC(=O)[C@@H](C)N(Cc1cccc(Cl)c1)C(=O)CSCc1ccc(Br)cc1. The lowest BCUT2D eigenvalue weighted by atomic mass is 10.1.